The van der Waals surface area contributed by atoms with E-state index in [0.717, 1.165) is 12.8 Å². The normalized spacial score (nSPS) is 10.4. The Morgan fingerprint density at radius 3 is 2.19 bits per heavy atom. The highest BCUT2D eigenvalue weighted by atomic mass is 16.7. The number of ether oxygens (including phenoxy) is 2. The molecule has 0 radical (unpaired) electrons. The van der Waals surface area contributed by atoms with Crippen LogP contribution in [-0.4, -0.2) is 20.5 Å². The number of rotatable bonds is 6. The third kappa shape index (κ3) is 4.01. The van der Waals surface area contributed by atoms with Crippen LogP contribution in [-0.2, 0) is 22.3 Å². The molecule has 0 aromatic heterocycles. The van der Waals surface area contributed by atoms with E-state index in [2.05, 4.69) is 30.3 Å². The Morgan fingerprint density at radius 1 is 1.12 bits per heavy atom. The molecule has 0 saturated carbocycles. The van der Waals surface area contributed by atoms with Crippen molar-refractivity contribution in [1.29, 1.82) is 5.26 Å². The van der Waals surface area contributed by atoms with E-state index in [1.165, 1.54) is 11.1 Å². The number of benzene rings is 1. The maximum Gasteiger partial charge on any atom is 0.160 e. The molecule has 0 atom stereocenters. The largest absolute Gasteiger partial charge is 0.356 e. The molecule has 1 rings (SSSR count). The van der Waals surface area contributed by atoms with Gasteiger partial charge in [-0.25, -0.2) is 0 Å². The van der Waals surface area contributed by atoms with Gasteiger partial charge < -0.3 is 9.47 Å². The summed E-state index contributed by atoms with van der Waals surface area (Å²) < 4.78 is 10.3. The summed E-state index contributed by atoms with van der Waals surface area (Å²) in [5.41, 5.74) is 2.37. The van der Waals surface area contributed by atoms with Gasteiger partial charge in [0.1, 0.15) is 0 Å². The van der Waals surface area contributed by atoms with Gasteiger partial charge in [-0.15, -0.1) is 0 Å². The van der Waals surface area contributed by atoms with Crippen LogP contribution in [0.4, 0.5) is 0 Å². The van der Waals surface area contributed by atoms with Crippen LogP contribution < -0.4 is 0 Å². The second-order valence-electron chi connectivity index (χ2n) is 3.58. The molecule has 0 aliphatic rings. The standard InChI is InChI=1S/C13H17NO2/c1-15-13(16-2)10-12-7-5-11(6-8-12)4-3-9-14/h5-8,13H,3-4,10H2,1-2H3. The third-order valence-electron chi connectivity index (χ3n) is 2.48. The summed E-state index contributed by atoms with van der Waals surface area (Å²) in [6.45, 7) is 0. The fraction of sp³-hybridized carbons (Fsp3) is 0.462. The summed E-state index contributed by atoms with van der Waals surface area (Å²) in [7, 11) is 3.27. The second kappa shape index (κ2) is 7.00. The van der Waals surface area contributed by atoms with Gasteiger partial charge in [-0.05, 0) is 17.5 Å². The minimum Gasteiger partial charge on any atom is -0.356 e. The fourth-order valence-corrected chi connectivity index (χ4v) is 1.50. The van der Waals surface area contributed by atoms with E-state index in [-0.39, 0.29) is 6.29 Å². The molecule has 0 aliphatic carbocycles. The summed E-state index contributed by atoms with van der Waals surface area (Å²) in [6.07, 6.45) is 1.93. The first kappa shape index (κ1) is 12.7. The molecule has 0 heterocycles. The zero-order valence-corrected chi connectivity index (χ0v) is 9.77. The van der Waals surface area contributed by atoms with Crippen molar-refractivity contribution in [3.05, 3.63) is 35.4 Å². The van der Waals surface area contributed by atoms with Gasteiger partial charge in [-0.3, -0.25) is 0 Å². The van der Waals surface area contributed by atoms with Crippen molar-refractivity contribution >= 4 is 0 Å². The molecule has 0 fully saturated rings. The van der Waals surface area contributed by atoms with Crippen molar-refractivity contribution in [2.24, 2.45) is 0 Å². The van der Waals surface area contributed by atoms with Crippen LogP contribution in [0.25, 0.3) is 0 Å². The maximum atomic E-state index is 8.48. The number of hydrogen-bond donors (Lipinski definition) is 0. The second-order valence-corrected chi connectivity index (χ2v) is 3.58. The van der Waals surface area contributed by atoms with E-state index in [1.807, 2.05) is 0 Å². The monoisotopic (exact) mass is 219 g/mol. The Balaban J connectivity index is 2.54. The van der Waals surface area contributed by atoms with Crippen LogP contribution in [0.3, 0.4) is 0 Å². The molecule has 3 heteroatoms. The summed E-state index contributed by atoms with van der Waals surface area (Å²) in [5.74, 6) is 0. The number of methoxy groups -OCH3 is 2. The first-order valence-corrected chi connectivity index (χ1v) is 5.30. The Morgan fingerprint density at radius 2 is 1.69 bits per heavy atom. The number of hydrogen-bond acceptors (Lipinski definition) is 3. The van der Waals surface area contributed by atoms with Gasteiger partial charge in [0.15, 0.2) is 6.29 Å². The highest BCUT2D eigenvalue weighted by Gasteiger charge is 2.05. The average molecular weight is 219 g/mol. The lowest BCUT2D eigenvalue weighted by Crippen LogP contribution is -2.15. The van der Waals surface area contributed by atoms with Crippen LogP contribution in [0.15, 0.2) is 24.3 Å². The molecule has 0 aliphatic heterocycles. The highest BCUT2D eigenvalue weighted by molar-refractivity contribution is 5.23. The first-order chi connectivity index (χ1) is 7.80. The zero-order chi connectivity index (χ0) is 11.8. The van der Waals surface area contributed by atoms with Crippen LogP contribution >= 0.6 is 0 Å². The molecule has 1 aromatic rings. The minimum absolute atomic E-state index is 0.190. The number of aryl methyl sites for hydroxylation is 1. The molecule has 16 heavy (non-hydrogen) atoms. The highest BCUT2D eigenvalue weighted by Crippen LogP contribution is 2.10. The van der Waals surface area contributed by atoms with Gasteiger partial charge in [0.05, 0.1) is 6.07 Å². The van der Waals surface area contributed by atoms with Crippen LogP contribution in [0.1, 0.15) is 17.5 Å². The summed E-state index contributed by atoms with van der Waals surface area (Å²) in [5, 5.41) is 8.48. The van der Waals surface area contributed by atoms with Gasteiger partial charge in [0.2, 0.25) is 0 Å². The molecule has 0 saturated heterocycles. The molecule has 1 aromatic carbocycles. The van der Waals surface area contributed by atoms with E-state index >= 15 is 0 Å². The third-order valence-corrected chi connectivity index (χ3v) is 2.48. The fourth-order valence-electron chi connectivity index (χ4n) is 1.50. The molecule has 0 N–H and O–H groups in total. The van der Waals surface area contributed by atoms with E-state index < -0.39 is 0 Å². The van der Waals surface area contributed by atoms with Crippen molar-refractivity contribution < 1.29 is 9.47 Å². The zero-order valence-electron chi connectivity index (χ0n) is 9.77. The van der Waals surface area contributed by atoms with Gasteiger partial charge in [0.25, 0.3) is 0 Å². The Hall–Kier alpha value is -1.37. The first-order valence-electron chi connectivity index (χ1n) is 5.30. The van der Waals surface area contributed by atoms with Gasteiger partial charge in [-0.1, -0.05) is 24.3 Å². The van der Waals surface area contributed by atoms with Crippen LogP contribution in [0.5, 0.6) is 0 Å². The van der Waals surface area contributed by atoms with Gasteiger partial charge in [-0.2, -0.15) is 5.26 Å². The Kier molecular flexibility index (Phi) is 5.55. The summed E-state index contributed by atoms with van der Waals surface area (Å²) in [4.78, 5) is 0. The summed E-state index contributed by atoms with van der Waals surface area (Å²) >= 11 is 0. The molecule has 86 valence electrons. The van der Waals surface area contributed by atoms with Gasteiger partial charge in [0, 0.05) is 27.1 Å². The van der Waals surface area contributed by atoms with E-state index in [4.69, 9.17) is 14.7 Å². The van der Waals surface area contributed by atoms with Gasteiger partial charge >= 0.3 is 0 Å². The van der Waals surface area contributed by atoms with Crippen molar-refractivity contribution in [3.63, 3.8) is 0 Å². The number of nitrogens with zero attached hydrogens (tertiary/aromatic N) is 1. The number of nitriles is 1. The van der Waals surface area contributed by atoms with Crippen LogP contribution in [0, 0.1) is 11.3 Å². The molecule has 0 unspecified atom stereocenters. The van der Waals surface area contributed by atoms with Crippen LogP contribution in [0.2, 0.25) is 0 Å². The maximum absolute atomic E-state index is 8.48. The quantitative estimate of drug-likeness (QED) is 0.689. The minimum atomic E-state index is -0.190. The molecule has 0 bridgehead atoms. The Bertz CT molecular complexity index is 336. The molecule has 3 nitrogen and oxygen atoms in total. The average Bonchev–Trinajstić information content (AvgIpc) is 2.35. The molecule has 0 amide bonds. The Labute approximate surface area is 96.6 Å². The van der Waals surface area contributed by atoms with Crippen molar-refractivity contribution in [2.45, 2.75) is 25.6 Å². The SMILES string of the molecule is COC(Cc1ccc(CCC#N)cc1)OC. The lowest BCUT2D eigenvalue weighted by molar-refractivity contribution is -0.100. The summed E-state index contributed by atoms with van der Waals surface area (Å²) in [6, 6.07) is 10.3. The topological polar surface area (TPSA) is 42.2 Å². The van der Waals surface area contributed by atoms with Crippen molar-refractivity contribution in [1.82, 2.24) is 0 Å². The van der Waals surface area contributed by atoms with E-state index in [9.17, 15) is 0 Å². The van der Waals surface area contributed by atoms with Crippen molar-refractivity contribution in [3.8, 4) is 6.07 Å². The molecular formula is C13H17NO2. The van der Waals surface area contributed by atoms with E-state index in [1.54, 1.807) is 14.2 Å². The lowest BCUT2D eigenvalue weighted by Gasteiger charge is -2.13. The van der Waals surface area contributed by atoms with E-state index in [0.29, 0.717) is 6.42 Å². The predicted octanol–water partition coefficient (Wildman–Crippen LogP) is 2.30. The molecule has 0 spiro atoms. The molecular weight excluding hydrogens is 202 g/mol. The predicted molar refractivity (Wildman–Crippen MR) is 61.9 cm³/mol. The lowest BCUT2D eigenvalue weighted by atomic mass is 10.1. The smallest absolute Gasteiger partial charge is 0.160 e. The van der Waals surface area contributed by atoms with Crippen molar-refractivity contribution in [2.75, 3.05) is 14.2 Å².